The Kier molecular flexibility index (Phi) is 6.78. The maximum atomic E-state index is 12.9. The maximum Gasteiger partial charge on any atom is 0.420 e. The predicted molar refractivity (Wildman–Crippen MR) is 71.7 cm³/mol. The van der Waals surface area contributed by atoms with Crippen LogP contribution in [0.3, 0.4) is 0 Å². The average molecular weight is 357 g/mol. The molecular formula is C13H16BrF3O3. The van der Waals surface area contributed by atoms with E-state index in [4.69, 9.17) is 14.2 Å². The average Bonchev–Trinajstić information content (AvgIpc) is 2.36. The zero-order chi connectivity index (χ0) is 15.2. The van der Waals surface area contributed by atoms with Gasteiger partial charge in [0.05, 0.1) is 5.56 Å². The van der Waals surface area contributed by atoms with Gasteiger partial charge in [0.2, 0.25) is 0 Å². The van der Waals surface area contributed by atoms with Crippen molar-refractivity contribution in [2.75, 3.05) is 19.8 Å². The number of hydrogen-bond donors (Lipinski definition) is 0. The molecule has 3 nitrogen and oxygen atoms in total. The fraction of sp³-hybridized carbons (Fsp3) is 0.538. The molecule has 0 radical (unpaired) electrons. The van der Waals surface area contributed by atoms with Gasteiger partial charge in [-0.25, -0.2) is 0 Å². The summed E-state index contributed by atoms with van der Waals surface area (Å²) in [7, 11) is 0. The van der Waals surface area contributed by atoms with Crippen LogP contribution in [0, 0.1) is 0 Å². The topological polar surface area (TPSA) is 27.7 Å². The highest BCUT2D eigenvalue weighted by molar-refractivity contribution is 9.10. The van der Waals surface area contributed by atoms with Crippen LogP contribution in [0.5, 0.6) is 5.75 Å². The number of ether oxygens (including phenoxy) is 3. The van der Waals surface area contributed by atoms with Gasteiger partial charge < -0.3 is 14.2 Å². The Morgan fingerprint density at radius 3 is 2.25 bits per heavy atom. The van der Waals surface area contributed by atoms with E-state index in [0.717, 1.165) is 6.07 Å². The first-order valence-corrected chi connectivity index (χ1v) is 6.90. The lowest BCUT2D eigenvalue weighted by molar-refractivity contribution is -0.156. The van der Waals surface area contributed by atoms with Crippen molar-refractivity contribution in [1.82, 2.24) is 0 Å². The fourth-order valence-corrected chi connectivity index (χ4v) is 1.88. The second-order valence-electron chi connectivity index (χ2n) is 3.79. The summed E-state index contributed by atoms with van der Waals surface area (Å²) in [6.07, 6.45) is -5.17. The Morgan fingerprint density at radius 1 is 1.15 bits per heavy atom. The zero-order valence-corrected chi connectivity index (χ0v) is 12.8. The maximum absolute atomic E-state index is 12.9. The van der Waals surface area contributed by atoms with Gasteiger partial charge in [-0.1, -0.05) is 15.9 Å². The molecular weight excluding hydrogens is 341 g/mol. The largest absolute Gasteiger partial charge is 0.488 e. The molecule has 7 heteroatoms. The minimum atomic E-state index is -4.48. The molecule has 0 bridgehead atoms. The zero-order valence-electron chi connectivity index (χ0n) is 11.2. The Labute approximate surface area is 124 Å². The molecule has 0 N–H and O–H groups in total. The molecule has 0 spiro atoms. The summed E-state index contributed by atoms with van der Waals surface area (Å²) in [6, 6.07) is 3.73. The number of rotatable bonds is 7. The van der Waals surface area contributed by atoms with Crippen LogP contribution in [-0.4, -0.2) is 26.1 Å². The quantitative estimate of drug-likeness (QED) is 0.683. The Bertz CT molecular complexity index is 418. The summed E-state index contributed by atoms with van der Waals surface area (Å²) in [5, 5.41) is 0. The van der Waals surface area contributed by atoms with Gasteiger partial charge in [0.25, 0.3) is 0 Å². The third-order valence-electron chi connectivity index (χ3n) is 2.33. The van der Waals surface area contributed by atoms with Crippen molar-refractivity contribution in [3.63, 3.8) is 0 Å². The van der Waals surface area contributed by atoms with Crippen LogP contribution in [0.1, 0.15) is 19.4 Å². The van der Waals surface area contributed by atoms with Crippen molar-refractivity contribution in [2.45, 2.75) is 26.3 Å². The van der Waals surface area contributed by atoms with Gasteiger partial charge in [-0.2, -0.15) is 13.2 Å². The Morgan fingerprint density at radius 2 is 1.75 bits per heavy atom. The van der Waals surface area contributed by atoms with E-state index in [-0.39, 0.29) is 12.4 Å². The van der Waals surface area contributed by atoms with Gasteiger partial charge in [-0.3, -0.25) is 0 Å². The molecule has 0 unspecified atom stereocenters. The van der Waals surface area contributed by atoms with Gasteiger partial charge in [-0.15, -0.1) is 0 Å². The van der Waals surface area contributed by atoms with E-state index in [1.807, 2.05) is 0 Å². The van der Waals surface area contributed by atoms with E-state index in [1.165, 1.54) is 12.1 Å². The normalized spacial score (nSPS) is 11.9. The van der Waals surface area contributed by atoms with E-state index in [1.54, 1.807) is 13.8 Å². The van der Waals surface area contributed by atoms with Crippen molar-refractivity contribution in [3.8, 4) is 5.75 Å². The van der Waals surface area contributed by atoms with Gasteiger partial charge in [-0.05, 0) is 32.0 Å². The molecule has 0 aliphatic heterocycles. The first-order chi connectivity index (χ1) is 9.38. The minimum Gasteiger partial charge on any atom is -0.488 e. The summed E-state index contributed by atoms with van der Waals surface area (Å²) in [5.41, 5.74) is -0.835. The molecule has 0 aliphatic rings. The molecule has 1 rings (SSSR count). The summed E-state index contributed by atoms with van der Waals surface area (Å²) in [6.45, 7) is 4.22. The summed E-state index contributed by atoms with van der Waals surface area (Å²) in [4.78, 5) is 0. The van der Waals surface area contributed by atoms with Crippen LogP contribution in [0.2, 0.25) is 0 Å². The van der Waals surface area contributed by atoms with Gasteiger partial charge >= 0.3 is 6.18 Å². The van der Waals surface area contributed by atoms with Crippen LogP contribution in [-0.2, 0) is 15.7 Å². The Hall–Kier alpha value is -0.790. The van der Waals surface area contributed by atoms with Gasteiger partial charge in [0, 0.05) is 17.7 Å². The SMILES string of the molecule is CCOC(COc1ccc(Br)cc1C(F)(F)F)OCC. The van der Waals surface area contributed by atoms with Crippen molar-refractivity contribution < 1.29 is 27.4 Å². The van der Waals surface area contributed by atoms with Crippen molar-refractivity contribution >= 4 is 15.9 Å². The van der Waals surface area contributed by atoms with Crippen molar-refractivity contribution in [1.29, 1.82) is 0 Å². The molecule has 1 aromatic rings. The van der Waals surface area contributed by atoms with Crippen LogP contribution >= 0.6 is 15.9 Å². The molecule has 20 heavy (non-hydrogen) atoms. The number of hydrogen-bond acceptors (Lipinski definition) is 3. The second kappa shape index (κ2) is 7.85. The first kappa shape index (κ1) is 17.3. The van der Waals surface area contributed by atoms with Crippen LogP contribution < -0.4 is 4.74 Å². The van der Waals surface area contributed by atoms with Crippen LogP contribution in [0.25, 0.3) is 0 Å². The third-order valence-corrected chi connectivity index (χ3v) is 2.82. The molecule has 0 saturated carbocycles. The highest BCUT2D eigenvalue weighted by atomic mass is 79.9. The van der Waals surface area contributed by atoms with E-state index in [2.05, 4.69) is 15.9 Å². The smallest absolute Gasteiger partial charge is 0.420 e. The van der Waals surface area contributed by atoms with Crippen molar-refractivity contribution in [2.24, 2.45) is 0 Å². The molecule has 0 aliphatic carbocycles. The third kappa shape index (κ3) is 5.30. The molecule has 1 aromatic carbocycles. The van der Waals surface area contributed by atoms with Gasteiger partial charge in [0.15, 0.2) is 6.29 Å². The van der Waals surface area contributed by atoms with Crippen molar-refractivity contribution in [3.05, 3.63) is 28.2 Å². The molecule has 0 aromatic heterocycles. The molecule has 0 saturated heterocycles. The van der Waals surface area contributed by atoms with E-state index >= 15 is 0 Å². The second-order valence-corrected chi connectivity index (χ2v) is 4.71. The molecule has 114 valence electrons. The lowest BCUT2D eigenvalue weighted by Gasteiger charge is -2.19. The predicted octanol–water partition coefficient (Wildman–Crippen LogP) is 4.25. The highest BCUT2D eigenvalue weighted by Crippen LogP contribution is 2.37. The Balaban J connectivity index is 2.81. The van der Waals surface area contributed by atoms with Gasteiger partial charge in [0.1, 0.15) is 12.4 Å². The molecule has 0 heterocycles. The summed E-state index contributed by atoms with van der Waals surface area (Å²) < 4.78 is 54.6. The van der Waals surface area contributed by atoms with E-state index in [0.29, 0.717) is 17.7 Å². The van der Waals surface area contributed by atoms with E-state index in [9.17, 15) is 13.2 Å². The lowest BCUT2D eigenvalue weighted by Crippen LogP contribution is -2.25. The summed E-state index contributed by atoms with van der Waals surface area (Å²) in [5.74, 6) is -0.245. The molecule has 0 amide bonds. The standard InChI is InChI=1S/C13H16BrF3O3/c1-3-18-12(19-4-2)8-20-11-6-5-9(14)7-10(11)13(15,16)17/h5-7,12H,3-4,8H2,1-2H3. The molecule has 0 atom stereocenters. The number of alkyl halides is 3. The molecule has 0 fully saturated rings. The first-order valence-electron chi connectivity index (χ1n) is 6.11. The number of benzene rings is 1. The highest BCUT2D eigenvalue weighted by Gasteiger charge is 2.34. The minimum absolute atomic E-state index is 0.105. The number of halogens is 4. The fourth-order valence-electron chi connectivity index (χ4n) is 1.52. The van der Waals surface area contributed by atoms with Crippen LogP contribution in [0.4, 0.5) is 13.2 Å². The summed E-state index contributed by atoms with van der Waals surface area (Å²) >= 11 is 3.01. The van der Waals surface area contributed by atoms with Crippen LogP contribution in [0.15, 0.2) is 22.7 Å². The monoisotopic (exact) mass is 356 g/mol. The lowest BCUT2D eigenvalue weighted by atomic mass is 10.2. The van der Waals surface area contributed by atoms with E-state index < -0.39 is 18.0 Å².